The smallest absolute Gasteiger partial charge is 0.251 e. The van der Waals surface area contributed by atoms with E-state index in [0.29, 0.717) is 37.8 Å². The van der Waals surface area contributed by atoms with Crippen molar-refractivity contribution in [3.05, 3.63) is 65.2 Å². The second-order valence-corrected chi connectivity index (χ2v) is 7.46. The Morgan fingerprint density at radius 3 is 2.62 bits per heavy atom. The van der Waals surface area contributed by atoms with Crippen molar-refractivity contribution in [1.29, 1.82) is 0 Å². The van der Waals surface area contributed by atoms with Gasteiger partial charge < -0.3 is 25.4 Å². The van der Waals surface area contributed by atoms with E-state index in [9.17, 15) is 4.79 Å². The molecule has 1 saturated heterocycles. The van der Waals surface area contributed by atoms with Crippen molar-refractivity contribution in [2.45, 2.75) is 32.9 Å². The maximum absolute atomic E-state index is 12.1. The second kappa shape index (κ2) is 13.9. The van der Waals surface area contributed by atoms with Crippen LogP contribution in [0.4, 0.5) is 0 Å². The number of benzene rings is 2. The van der Waals surface area contributed by atoms with E-state index in [4.69, 9.17) is 14.5 Å². The Labute approximate surface area is 207 Å². The first-order valence-corrected chi connectivity index (χ1v) is 10.8. The number of guanidine groups is 1. The fourth-order valence-electron chi connectivity index (χ4n) is 3.24. The number of hydrogen-bond donors (Lipinski definition) is 3. The minimum atomic E-state index is -0.0818. The number of amides is 1. The molecule has 2 aromatic rings. The van der Waals surface area contributed by atoms with Crippen LogP contribution in [0, 0.1) is 6.92 Å². The van der Waals surface area contributed by atoms with Gasteiger partial charge in [-0.05, 0) is 37.6 Å². The SMILES string of the molecule is CCNC(=NCc1ccc(C)cc1OC1CCOC1)NCCNC(=O)c1ccccc1.I. The van der Waals surface area contributed by atoms with Gasteiger partial charge in [0, 0.05) is 37.2 Å². The third kappa shape index (κ3) is 8.31. The minimum Gasteiger partial charge on any atom is -0.488 e. The van der Waals surface area contributed by atoms with Crippen LogP contribution in [-0.2, 0) is 11.3 Å². The number of aliphatic imine (C=N–C) groups is 1. The van der Waals surface area contributed by atoms with E-state index < -0.39 is 0 Å². The number of ether oxygens (including phenoxy) is 2. The molecule has 3 rings (SSSR count). The summed E-state index contributed by atoms with van der Waals surface area (Å²) in [7, 11) is 0. The van der Waals surface area contributed by atoms with Crippen LogP contribution in [0.2, 0.25) is 0 Å². The molecule has 174 valence electrons. The topological polar surface area (TPSA) is 84.0 Å². The lowest BCUT2D eigenvalue weighted by Gasteiger charge is -2.16. The third-order valence-corrected chi connectivity index (χ3v) is 4.89. The van der Waals surface area contributed by atoms with Crippen LogP contribution in [0.25, 0.3) is 0 Å². The van der Waals surface area contributed by atoms with Gasteiger partial charge in [-0.1, -0.05) is 30.3 Å². The fraction of sp³-hybridized carbons (Fsp3) is 0.417. The van der Waals surface area contributed by atoms with E-state index in [1.165, 1.54) is 0 Å². The fourth-order valence-corrected chi connectivity index (χ4v) is 3.24. The molecular formula is C24H33IN4O3. The quantitative estimate of drug-likeness (QED) is 0.193. The van der Waals surface area contributed by atoms with Gasteiger partial charge in [-0.2, -0.15) is 0 Å². The van der Waals surface area contributed by atoms with Crippen LogP contribution < -0.4 is 20.7 Å². The average Bonchev–Trinajstić information content (AvgIpc) is 3.29. The Kier molecular flexibility index (Phi) is 11.3. The van der Waals surface area contributed by atoms with Crippen LogP contribution in [0.3, 0.4) is 0 Å². The Morgan fingerprint density at radius 2 is 1.91 bits per heavy atom. The molecule has 2 aromatic carbocycles. The Hall–Kier alpha value is -2.33. The van der Waals surface area contributed by atoms with Gasteiger partial charge >= 0.3 is 0 Å². The van der Waals surface area contributed by atoms with Gasteiger partial charge in [0.1, 0.15) is 11.9 Å². The van der Waals surface area contributed by atoms with Gasteiger partial charge in [-0.25, -0.2) is 4.99 Å². The Bertz CT molecular complexity index is 871. The second-order valence-electron chi connectivity index (χ2n) is 7.46. The molecule has 8 heteroatoms. The first-order chi connectivity index (χ1) is 15.2. The van der Waals surface area contributed by atoms with Crippen molar-refractivity contribution < 1.29 is 14.3 Å². The minimum absolute atomic E-state index is 0. The summed E-state index contributed by atoms with van der Waals surface area (Å²) >= 11 is 0. The summed E-state index contributed by atoms with van der Waals surface area (Å²) in [5, 5.41) is 9.42. The molecule has 1 aliphatic rings. The van der Waals surface area contributed by atoms with Gasteiger partial charge in [0.2, 0.25) is 0 Å². The van der Waals surface area contributed by atoms with Crippen molar-refractivity contribution in [1.82, 2.24) is 16.0 Å². The summed E-state index contributed by atoms with van der Waals surface area (Å²) in [6.45, 7) is 7.78. The molecule has 1 heterocycles. The van der Waals surface area contributed by atoms with E-state index in [-0.39, 0.29) is 36.0 Å². The summed E-state index contributed by atoms with van der Waals surface area (Å²) in [5.41, 5.74) is 2.84. The summed E-state index contributed by atoms with van der Waals surface area (Å²) < 4.78 is 11.6. The van der Waals surface area contributed by atoms with E-state index >= 15 is 0 Å². The molecule has 1 aliphatic heterocycles. The van der Waals surface area contributed by atoms with E-state index in [1.54, 1.807) is 12.1 Å². The largest absolute Gasteiger partial charge is 0.488 e. The monoisotopic (exact) mass is 552 g/mol. The van der Waals surface area contributed by atoms with Crippen LogP contribution in [0.1, 0.15) is 34.8 Å². The first-order valence-electron chi connectivity index (χ1n) is 10.8. The van der Waals surface area contributed by atoms with E-state index in [0.717, 1.165) is 36.4 Å². The molecule has 0 aromatic heterocycles. The number of rotatable bonds is 9. The molecule has 0 saturated carbocycles. The number of carbonyl (C=O) groups is 1. The molecule has 0 spiro atoms. The van der Waals surface area contributed by atoms with E-state index in [1.807, 2.05) is 25.1 Å². The number of halogens is 1. The normalized spacial score (nSPS) is 15.6. The molecule has 1 fully saturated rings. The Balaban J connectivity index is 0.00000363. The molecule has 3 N–H and O–H groups in total. The summed E-state index contributed by atoms with van der Waals surface area (Å²) in [4.78, 5) is 16.8. The van der Waals surface area contributed by atoms with Gasteiger partial charge in [0.25, 0.3) is 5.91 Å². The zero-order valence-electron chi connectivity index (χ0n) is 18.7. The number of nitrogens with one attached hydrogen (secondary N) is 3. The summed E-state index contributed by atoms with van der Waals surface area (Å²) in [5.74, 6) is 1.49. The lowest BCUT2D eigenvalue weighted by molar-refractivity contribution is 0.0954. The lowest BCUT2D eigenvalue weighted by atomic mass is 10.1. The van der Waals surface area contributed by atoms with E-state index in [2.05, 4.69) is 41.1 Å². The van der Waals surface area contributed by atoms with Gasteiger partial charge in [0.15, 0.2) is 5.96 Å². The highest BCUT2D eigenvalue weighted by Gasteiger charge is 2.18. The lowest BCUT2D eigenvalue weighted by Crippen LogP contribution is -2.41. The zero-order valence-corrected chi connectivity index (χ0v) is 21.1. The highest BCUT2D eigenvalue weighted by molar-refractivity contribution is 14.0. The molecule has 0 aliphatic carbocycles. The maximum atomic E-state index is 12.1. The predicted molar refractivity (Wildman–Crippen MR) is 138 cm³/mol. The van der Waals surface area contributed by atoms with Crippen LogP contribution in [0.15, 0.2) is 53.5 Å². The Morgan fingerprint density at radius 1 is 1.12 bits per heavy atom. The molecule has 7 nitrogen and oxygen atoms in total. The van der Waals surface area contributed by atoms with Crippen molar-refractivity contribution >= 4 is 35.8 Å². The number of carbonyl (C=O) groups excluding carboxylic acids is 1. The molecule has 1 unspecified atom stereocenters. The van der Waals surface area contributed by atoms with Crippen molar-refractivity contribution in [3.63, 3.8) is 0 Å². The van der Waals surface area contributed by atoms with Crippen molar-refractivity contribution in [2.75, 3.05) is 32.8 Å². The predicted octanol–water partition coefficient (Wildman–Crippen LogP) is 3.27. The zero-order chi connectivity index (χ0) is 21.9. The van der Waals surface area contributed by atoms with Gasteiger partial charge in [0.05, 0.1) is 19.8 Å². The van der Waals surface area contributed by atoms with Crippen molar-refractivity contribution in [3.8, 4) is 5.75 Å². The molecule has 1 amide bonds. The molecular weight excluding hydrogens is 519 g/mol. The standard InChI is InChI=1S/C24H32N4O3.HI/c1-3-25-24(27-13-12-26-23(29)19-7-5-4-6-8-19)28-16-20-10-9-18(2)15-22(20)31-21-11-14-30-17-21;/h4-10,15,21H,3,11-14,16-17H2,1-2H3,(H,26,29)(H2,25,27,28);1H. The molecule has 0 radical (unpaired) electrons. The summed E-state index contributed by atoms with van der Waals surface area (Å²) in [6.07, 6.45) is 1.01. The highest BCUT2D eigenvalue weighted by Crippen LogP contribution is 2.24. The number of aryl methyl sites for hydroxylation is 1. The maximum Gasteiger partial charge on any atom is 0.251 e. The van der Waals surface area contributed by atoms with Crippen LogP contribution in [-0.4, -0.2) is 50.8 Å². The molecule has 1 atom stereocenters. The van der Waals surface area contributed by atoms with Crippen LogP contribution in [0.5, 0.6) is 5.75 Å². The van der Waals surface area contributed by atoms with Gasteiger partial charge in [-0.15, -0.1) is 24.0 Å². The molecule has 32 heavy (non-hydrogen) atoms. The van der Waals surface area contributed by atoms with Gasteiger partial charge in [-0.3, -0.25) is 4.79 Å². The molecule has 0 bridgehead atoms. The number of nitrogens with zero attached hydrogens (tertiary/aromatic N) is 1. The van der Waals surface area contributed by atoms with Crippen LogP contribution >= 0.6 is 24.0 Å². The average molecular weight is 552 g/mol. The number of hydrogen-bond acceptors (Lipinski definition) is 4. The first kappa shape index (κ1) is 25.9. The van der Waals surface area contributed by atoms with Crippen molar-refractivity contribution in [2.24, 2.45) is 4.99 Å². The highest BCUT2D eigenvalue weighted by atomic mass is 127. The third-order valence-electron chi connectivity index (χ3n) is 4.89. The summed E-state index contributed by atoms with van der Waals surface area (Å²) in [6, 6.07) is 15.4.